The summed E-state index contributed by atoms with van der Waals surface area (Å²) in [7, 11) is 0. The van der Waals surface area contributed by atoms with E-state index in [1.807, 2.05) is 6.07 Å². The fraction of sp³-hybridized carbons (Fsp3) is 0.625. The fourth-order valence-corrected chi connectivity index (χ4v) is 2.98. The summed E-state index contributed by atoms with van der Waals surface area (Å²) < 4.78 is 25.2. The van der Waals surface area contributed by atoms with Crippen LogP contribution in [0.2, 0.25) is 0 Å². The van der Waals surface area contributed by atoms with Crippen LogP contribution in [-0.4, -0.2) is 32.4 Å². The zero-order valence-corrected chi connectivity index (χ0v) is 11.7. The Morgan fingerprint density at radius 1 is 1.20 bits per heavy atom. The second kappa shape index (κ2) is 6.55. The van der Waals surface area contributed by atoms with Crippen LogP contribution >= 0.6 is 0 Å². The number of rotatable bonds is 3. The van der Waals surface area contributed by atoms with E-state index in [9.17, 15) is 4.39 Å². The Bertz CT molecular complexity index is 440. The van der Waals surface area contributed by atoms with Crippen molar-refractivity contribution < 1.29 is 13.9 Å². The molecule has 0 aromatic heterocycles. The number of nitrogens with one attached hydrogen (secondary N) is 1. The smallest absolute Gasteiger partial charge is 0.165 e. The van der Waals surface area contributed by atoms with Crippen molar-refractivity contribution >= 4 is 0 Å². The highest BCUT2D eigenvalue weighted by Crippen LogP contribution is 2.28. The van der Waals surface area contributed by atoms with Crippen molar-refractivity contribution in [3.63, 3.8) is 0 Å². The van der Waals surface area contributed by atoms with Gasteiger partial charge in [-0.1, -0.05) is 6.07 Å². The summed E-state index contributed by atoms with van der Waals surface area (Å²) in [6.45, 7) is 3.43. The van der Waals surface area contributed by atoms with Crippen molar-refractivity contribution in [2.24, 2.45) is 0 Å². The summed E-state index contributed by atoms with van der Waals surface area (Å²) in [5, 5.41) is 3.37. The van der Waals surface area contributed by atoms with Gasteiger partial charge in [-0.3, -0.25) is 0 Å². The molecule has 0 radical (unpaired) electrons. The molecule has 2 fully saturated rings. The molecule has 0 saturated carbocycles. The van der Waals surface area contributed by atoms with E-state index < -0.39 is 0 Å². The number of hydrogen-bond acceptors (Lipinski definition) is 3. The predicted octanol–water partition coefficient (Wildman–Crippen LogP) is 2.85. The van der Waals surface area contributed by atoms with E-state index >= 15 is 0 Å². The van der Waals surface area contributed by atoms with Gasteiger partial charge in [0.15, 0.2) is 11.6 Å². The van der Waals surface area contributed by atoms with Crippen molar-refractivity contribution in [3.8, 4) is 5.75 Å². The van der Waals surface area contributed by atoms with E-state index in [4.69, 9.17) is 9.47 Å². The first-order valence-corrected chi connectivity index (χ1v) is 7.57. The van der Waals surface area contributed by atoms with Crippen LogP contribution in [0.15, 0.2) is 18.2 Å². The predicted molar refractivity (Wildman–Crippen MR) is 75.7 cm³/mol. The first kappa shape index (κ1) is 13.8. The van der Waals surface area contributed by atoms with Crippen molar-refractivity contribution in [1.82, 2.24) is 5.32 Å². The number of piperidine rings is 1. The van der Waals surface area contributed by atoms with E-state index in [2.05, 4.69) is 5.32 Å². The average molecular weight is 279 g/mol. The summed E-state index contributed by atoms with van der Waals surface area (Å²) in [6, 6.07) is 5.44. The third kappa shape index (κ3) is 3.30. The van der Waals surface area contributed by atoms with Crippen molar-refractivity contribution in [2.45, 2.75) is 37.7 Å². The van der Waals surface area contributed by atoms with Gasteiger partial charge >= 0.3 is 0 Å². The Morgan fingerprint density at radius 2 is 2.05 bits per heavy atom. The Hall–Kier alpha value is -1.13. The molecule has 2 heterocycles. The first-order chi connectivity index (χ1) is 9.83. The summed E-state index contributed by atoms with van der Waals surface area (Å²) in [5.41, 5.74) is 1.08. The Kier molecular flexibility index (Phi) is 4.53. The van der Waals surface area contributed by atoms with Gasteiger partial charge in [-0.05, 0) is 43.0 Å². The molecular weight excluding hydrogens is 257 g/mol. The second-order valence-corrected chi connectivity index (χ2v) is 5.66. The van der Waals surface area contributed by atoms with Crippen LogP contribution in [0, 0.1) is 5.82 Å². The summed E-state index contributed by atoms with van der Waals surface area (Å²) >= 11 is 0. The lowest BCUT2D eigenvalue weighted by molar-refractivity contribution is 0.0240. The van der Waals surface area contributed by atoms with Crippen molar-refractivity contribution in [1.29, 1.82) is 0 Å². The molecule has 2 aliphatic heterocycles. The van der Waals surface area contributed by atoms with Gasteiger partial charge < -0.3 is 14.8 Å². The van der Waals surface area contributed by atoms with E-state index in [-0.39, 0.29) is 11.9 Å². The van der Waals surface area contributed by atoms with E-state index in [1.54, 1.807) is 12.1 Å². The second-order valence-electron chi connectivity index (χ2n) is 5.66. The third-order valence-electron chi connectivity index (χ3n) is 4.19. The highest BCUT2D eigenvalue weighted by atomic mass is 19.1. The molecule has 3 nitrogen and oxygen atoms in total. The van der Waals surface area contributed by atoms with Crippen molar-refractivity contribution in [2.75, 3.05) is 26.3 Å². The van der Waals surface area contributed by atoms with Gasteiger partial charge in [-0.2, -0.15) is 0 Å². The van der Waals surface area contributed by atoms with E-state index in [0.717, 1.165) is 44.3 Å². The van der Waals surface area contributed by atoms with Crippen LogP contribution < -0.4 is 10.1 Å². The van der Waals surface area contributed by atoms with Crippen LogP contribution in [0.25, 0.3) is 0 Å². The van der Waals surface area contributed by atoms with E-state index in [1.165, 1.54) is 0 Å². The minimum absolute atomic E-state index is 0.0837. The van der Waals surface area contributed by atoms with E-state index in [0.29, 0.717) is 24.9 Å². The molecule has 110 valence electrons. The molecule has 3 rings (SSSR count). The highest BCUT2D eigenvalue weighted by molar-refractivity contribution is 5.32. The maximum Gasteiger partial charge on any atom is 0.165 e. The van der Waals surface area contributed by atoms with Gasteiger partial charge in [0.2, 0.25) is 0 Å². The zero-order chi connectivity index (χ0) is 13.8. The van der Waals surface area contributed by atoms with Gasteiger partial charge in [-0.15, -0.1) is 0 Å². The lowest BCUT2D eigenvalue weighted by Gasteiger charge is -2.25. The lowest BCUT2D eigenvalue weighted by atomic mass is 9.91. The lowest BCUT2D eigenvalue weighted by Crippen LogP contribution is -2.28. The first-order valence-electron chi connectivity index (χ1n) is 7.57. The minimum Gasteiger partial charge on any atom is -0.487 e. The quantitative estimate of drug-likeness (QED) is 0.923. The van der Waals surface area contributed by atoms with Crippen LogP contribution in [-0.2, 0) is 4.74 Å². The average Bonchev–Trinajstić information content (AvgIpc) is 2.51. The van der Waals surface area contributed by atoms with Crippen molar-refractivity contribution in [3.05, 3.63) is 29.6 Å². The summed E-state index contributed by atoms with van der Waals surface area (Å²) in [4.78, 5) is 0. The zero-order valence-electron chi connectivity index (χ0n) is 11.7. The molecule has 4 heteroatoms. The number of halogens is 1. The molecule has 0 spiro atoms. The third-order valence-corrected chi connectivity index (χ3v) is 4.19. The Balaban J connectivity index is 1.66. The van der Waals surface area contributed by atoms with Gasteiger partial charge in [0, 0.05) is 19.4 Å². The van der Waals surface area contributed by atoms with Gasteiger partial charge in [0.25, 0.3) is 0 Å². The largest absolute Gasteiger partial charge is 0.487 e. The molecular formula is C16H22FNO2. The molecule has 20 heavy (non-hydrogen) atoms. The number of ether oxygens (including phenoxy) is 2. The van der Waals surface area contributed by atoms with Crippen LogP contribution in [0.4, 0.5) is 4.39 Å². The molecule has 1 atom stereocenters. The van der Waals surface area contributed by atoms with Gasteiger partial charge in [0.1, 0.15) is 6.10 Å². The summed E-state index contributed by atoms with van der Waals surface area (Å²) in [5.74, 6) is 0.569. The Morgan fingerprint density at radius 3 is 2.75 bits per heavy atom. The molecule has 2 saturated heterocycles. The molecule has 2 aliphatic rings. The Labute approximate surface area is 119 Å². The number of benzene rings is 1. The topological polar surface area (TPSA) is 30.5 Å². The number of hydrogen-bond donors (Lipinski definition) is 1. The molecule has 1 unspecified atom stereocenters. The van der Waals surface area contributed by atoms with Gasteiger partial charge in [-0.25, -0.2) is 4.39 Å². The molecule has 1 aromatic carbocycles. The maximum absolute atomic E-state index is 14.2. The molecule has 1 N–H and O–H groups in total. The van der Waals surface area contributed by atoms with Crippen LogP contribution in [0.1, 0.15) is 37.2 Å². The standard InChI is InChI=1S/C16H22FNO2/c17-15-10-12(13-2-1-7-18-11-13)3-4-16(15)20-14-5-8-19-9-6-14/h3-4,10,13-14,18H,1-2,5-9,11H2. The molecule has 0 aliphatic carbocycles. The van der Waals surface area contributed by atoms with Gasteiger partial charge in [0.05, 0.1) is 13.2 Å². The minimum atomic E-state index is -0.237. The maximum atomic E-state index is 14.2. The van der Waals surface area contributed by atoms with Crippen LogP contribution in [0.5, 0.6) is 5.75 Å². The van der Waals surface area contributed by atoms with Crippen LogP contribution in [0.3, 0.4) is 0 Å². The molecule has 0 bridgehead atoms. The monoisotopic (exact) mass is 279 g/mol. The molecule has 0 amide bonds. The summed E-state index contributed by atoms with van der Waals surface area (Å²) in [6.07, 6.45) is 4.06. The normalized spacial score (nSPS) is 24.6. The molecule has 1 aromatic rings. The highest BCUT2D eigenvalue weighted by Gasteiger charge is 2.19. The fourth-order valence-electron chi connectivity index (χ4n) is 2.98. The SMILES string of the molecule is Fc1cc(C2CCCNC2)ccc1OC1CCOCC1.